The van der Waals surface area contributed by atoms with Gasteiger partial charge in [-0.1, -0.05) is 146 Å². The first kappa shape index (κ1) is 29.3. The van der Waals surface area contributed by atoms with Crippen LogP contribution >= 0.6 is 0 Å². The van der Waals surface area contributed by atoms with E-state index in [1.807, 2.05) is 12.1 Å². The Morgan fingerprint density at radius 3 is 1.80 bits per heavy atom. The Kier molecular flexibility index (Phi) is 5.59. The number of rotatable bonds is 1. The van der Waals surface area contributed by atoms with E-state index in [4.69, 9.17) is 9.41 Å². The molecule has 256 valence electrons. The van der Waals surface area contributed by atoms with E-state index in [-0.39, 0.29) is 6.04 Å². The minimum absolute atomic E-state index is 0.295. The molecule has 0 unspecified atom stereocenters. The summed E-state index contributed by atoms with van der Waals surface area (Å²) in [6.45, 7) is 0. The standard InChI is InChI=1S/C51H31N3O/c1-2-14-31-29-45-39(27-30(31)13-1)37-18-6-11-23-44(37)54(45)49-47(52-48-38-19-7-12-24-46(38)55-50(48)53-49)32-25-26-36-35-17-5-10-22-42(35)51(43(36)28-32)40-20-8-3-15-33(40)34-16-4-9-21-41(34)51/h1-29,47,52H/t47-/m1/s1. The van der Waals surface area contributed by atoms with Gasteiger partial charge in [-0.25, -0.2) is 0 Å². The highest BCUT2D eigenvalue weighted by Gasteiger charge is 2.51. The van der Waals surface area contributed by atoms with Crippen LogP contribution in [0.1, 0.15) is 33.9 Å². The second-order valence-electron chi connectivity index (χ2n) is 15.1. The van der Waals surface area contributed by atoms with Crippen molar-refractivity contribution in [2.24, 2.45) is 4.99 Å². The van der Waals surface area contributed by atoms with Crippen molar-refractivity contribution < 1.29 is 4.42 Å². The number of nitrogens with one attached hydrogen (secondary N) is 1. The third-order valence-corrected chi connectivity index (χ3v) is 12.5. The normalized spacial score (nSPS) is 15.9. The van der Waals surface area contributed by atoms with Gasteiger partial charge in [-0.05, 0) is 91.2 Å². The topological polar surface area (TPSA) is 42.5 Å². The number of benzene rings is 8. The maximum Gasteiger partial charge on any atom is 0.245 e. The monoisotopic (exact) mass is 701 g/mol. The fourth-order valence-corrected chi connectivity index (χ4v) is 10.2. The fraction of sp³-hybridized carbons (Fsp3) is 0.0392. The minimum atomic E-state index is -0.444. The van der Waals surface area contributed by atoms with Crippen LogP contribution < -0.4 is 5.32 Å². The average Bonchev–Trinajstić information content (AvgIpc) is 3.95. The van der Waals surface area contributed by atoms with Gasteiger partial charge < -0.3 is 9.73 Å². The molecule has 1 N–H and O–H groups in total. The smallest absolute Gasteiger partial charge is 0.245 e. The van der Waals surface area contributed by atoms with Gasteiger partial charge >= 0.3 is 0 Å². The summed E-state index contributed by atoms with van der Waals surface area (Å²) >= 11 is 0. The van der Waals surface area contributed by atoms with E-state index in [0.29, 0.717) is 5.88 Å². The number of para-hydroxylation sites is 2. The molecule has 3 aliphatic rings. The summed E-state index contributed by atoms with van der Waals surface area (Å²) in [5, 5.41) is 9.87. The number of hydrogen-bond donors (Lipinski definition) is 1. The quantitative estimate of drug-likeness (QED) is 0.185. The molecule has 10 aromatic rings. The van der Waals surface area contributed by atoms with E-state index in [9.17, 15) is 0 Å². The second kappa shape index (κ2) is 10.5. The summed E-state index contributed by atoms with van der Waals surface area (Å²) in [6, 6.07) is 64.0. The van der Waals surface area contributed by atoms with Crippen molar-refractivity contribution >= 4 is 61.0 Å². The number of nitrogens with zero attached hydrogens (tertiary/aromatic N) is 2. The van der Waals surface area contributed by atoms with Crippen LogP contribution in [0, 0.1) is 0 Å². The maximum absolute atomic E-state index is 6.50. The first-order valence-corrected chi connectivity index (χ1v) is 19.0. The molecule has 1 atom stereocenters. The Hall–Kier alpha value is -7.17. The Morgan fingerprint density at radius 1 is 0.491 bits per heavy atom. The van der Waals surface area contributed by atoms with Gasteiger partial charge in [0.05, 0.1) is 16.4 Å². The number of furan rings is 1. The van der Waals surface area contributed by atoms with Gasteiger partial charge in [0.1, 0.15) is 23.1 Å². The number of fused-ring (bicyclic) bond motifs is 17. The van der Waals surface area contributed by atoms with Crippen LogP contribution in [0.15, 0.2) is 185 Å². The maximum atomic E-state index is 6.50. The summed E-state index contributed by atoms with van der Waals surface area (Å²) in [4.78, 5) is 5.51. The molecule has 2 aromatic heterocycles. The lowest BCUT2D eigenvalue weighted by atomic mass is 9.70. The number of aromatic nitrogens is 1. The molecule has 13 rings (SSSR count). The zero-order valence-corrected chi connectivity index (χ0v) is 29.6. The third-order valence-electron chi connectivity index (χ3n) is 12.5. The van der Waals surface area contributed by atoms with E-state index in [1.54, 1.807) is 0 Å². The Morgan fingerprint density at radius 2 is 1.07 bits per heavy atom. The lowest BCUT2D eigenvalue weighted by molar-refractivity contribution is 0.622. The first-order chi connectivity index (χ1) is 27.3. The highest BCUT2D eigenvalue weighted by Crippen LogP contribution is 2.63. The predicted octanol–water partition coefficient (Wildman–Crippen LogP) is 12.8. The van der Waals surface area contributed by atoms with E-state index in [1.165, 1.54) is 66.1 Å². The molecule has 0 bridgehead atoms. The number of anilines is 1. The Bertz CT molecular complexity index is 3260. The van der Waals surface area contributed by atoms with Crippen molar-refractivity contribution in [1.82, 2.24) is 4.57 Å². The van der Waals surface area contributed by atoms with Gasteiger partial charge in [-0.2, -0.15) is 4.99 Å². The third kappa shape index (κ3) is 3.68. The molecule has 4 heteroatoms. The summed E-state index contributed by atoms with van der Waals surface area (Å²) in [6.07, 6.45) is 0. The highest BCUT2D eigenvalue weighted by atomic mass is 16.3. The molecule has 0 radical (unpaired) electrons. The molecule has 0 saturated heterocycles. The van der Waals surface area contributed by atoms with Crippen molar-refractivity contribution in [1.29, 1.82) is 0 Å². The van der Waals surface area contributed by atoms with Crippen molar-refractivity contribution in [2.45, 2.75) is 11.5 Å². The molecule has 8 aromatic carbocycles. The van der Waals surface area contributed by atoms with Gasteiger partial charge in [0.25, 0.3) is 0 Å². The zero-order chi connectivity index (χ0) is 35.8. The molecule has 55 heavy (non-hydrogen) atoms. The molecule has 2 aliphatic carbocycles. The molecule has 4 nitrogen and oxygen atoms in total. The summed E-state index contributed by atoms with van der Waals surface area (Å²) in [7, 11) is 0. The molecule has 1 spiro atoms. The molecule has 1 aliphatic heterocycles. The lowest BCUT2D eigenvalue weighted by Gasteiger charge is -2.32. The Labute approximate surface area is 316 Å². The minimum Gasteiger partial charge on any atom is -0.436 e. The van der Waals surface area contributed by atoms with Crippen molar-refractivity contribution in [2.75, 3.05) is 5.32 Å². The summed E-state index contributed by atoms with van der Waals surface area (Å²) in [5.74, 6) is 1.48. The van der Waals surface area contributed by atoms with Crippen molar-refractivity contribution in [3.8, 4) is 22.3 Å². The molecule has 0 saturated carbocycles. The van der Waals surface area contributed by atoms with Crippen molar-refractivity contribution in [3.05, 3.63) is 204 Å². The van der Waals surface area contributed by atoms with Crippen molar-refractivity contribution in [3.63, 3.8) is 0 Å². The first-order valence-electron chi connectivity index (χ1n) is 19.0. The van der Waals surface area contributed by atoms with Crippen LogP contribution in [0.4, 0.5) is 11.6 Å². The SMILES string of the molecule is c1ccc2c(c1)-c1ccccc1C21c2ccccc2-c2ccc([C@H]3Nc4c(oc5ccccc45)N=C3n3c4ccccc4c4cc5ccccc5cc43)cc21. The van der Waals surface area contributed by atoms with Gasteiger partial charge in [-0.15, -0.1) is 0 Å². The van der Waals surface area contributed by atoms with E-state index in [0.717, 1.165) is 39.1 Å². The van der Waals surface area contributed by atoms with E-state index < -0.39 is 5.41 Å². The van der Waals surface area contributed by atoms with Gasteiger partial charge in [0, 0.05) is 16.2 Å². The van der Waals surface area contributed by atoms with Crippen LogP contribution in [-0.4, -0.2) is 10.4 Å². The molecule has 0 amide bonds. The Balaban J connectivity index is 1.11. The van der Waals surface area contributed by atoms with E-state index >= 15 is 0 Å². The predicted molar refractivity (Wildman–Crippen MR) is 225 cm³/mol. The number of aliphatic imine (C=N–C) groups is 1. The number of hydrogen-bond acceptors (Lipinski definition) is 3. The zero-order valence-electron chi connectivity index (χ0n) is 29.6. The van der Waals surface area contributed by atoms with Gasteiger partial charge in [-0.3, -0.25) is 4.57 Å². The highest BCUT2D eigenvalue weighted by molar-refractivity contribution is 6.19. The fourth-order valence-electron chi connectivity index (χ4n) is 10.2. The lowest BCUT2D eigenvalue weighted by Crippen LogP contribution is -2.30. The molecule has 0 fully saturated rings. The summed E-state index contributed by atoms with van der Waals surface area (Å²) < 4.78 is 8.87. The van der Waals surface area contributed by atoms with E-state index in [2.05, 4.69) is 174 Å². The molecular formula is C51H31N3O. The van der Waals surface area contributed by atoms with Crippen LogP contribution in [0.3, 0.4) is 0 Å². The molecular weight excluding hydrogens is 671 g/mol. The van der Waals surface area contributed by atoms with Crippen LogP contribution in [-0.2, 0) is 5.41 Å². The van der Waals surface area contributed by atoms with Crippen LogP contribution in [0.2, 0.25) is 0 Å². The van der Waals surface area contributed by atoms with Gasteiger partial charge in [0.15, 0.2) is 0 Å². The molecule has 3 heterocycles. The average molecular weight is 702 g/mol. The van der Waals surface area contributed by atoms with Gasteiger partial charge in [0.2, 0.25) is 5.88 Å². The van der Waals surface area contributed by atoms with Crippen LogP contribution in [0.25, 0.3) is 65.8 Å². The second-order valence-corrected chi connectivity index (χ2v) is 15.1. The summed E-state index contributed by atoms with van der Waals surface area (Å²) in [5.41, 5.74) is 15.2. The van der Waals surface area contributed by atoms with Crippen LogP contribution in [0.5, 0.6) is 0 Å². The largest absolute Gasteiger partial charge is 0.436 e.